The lowest BCUT2D eigenvalue weighted by Gasteiger charge is -2.17. The number of anilines is 1. The van der Waals surface area contributed by atoms with Crippen molar-refractivity contribution >= 4 is 17.7 Å². The zero-order valence-electron chi connectivity index (χ0n) is 12.7. The number of carbonyl (C=O) groups is 2. The third kappa shape index (κ3) is 3.54. The van der Waals surface area contributed by atoms with Gasteiger partial charge in [-0.15, -0.1) is 0 Å². The van der Waals surface area contributed by atoms with Crippen LogP contribution in [0.25, 0.3) is 0 Å². The molecule has 1 heterocycles. The number of benzene rings is 1. The first-order valence-corrected chi connectivity index (χ1v) is 7.27. The Morgan fingerprint density at radius 3 is 2.62 bits per heavy atom. The highest BCUT2D eigenvalue weighted by Crippen LogP contribution is 2.24. The first-order chi connectivity index (χ1) is 9.88. The van der Waals surface area contributed by atoms with E-state index in [0.717, 1.165) is 11.3 Å². The van der Waals surface area contributed by atoms with E-state index in [1.165, 1.54) is 0 Å². The minimum Gasteiger partial charge on any atom is -0.481 e. The number of carboxylic acid groups (broad SMARTS) is 1. The summed E-state index contributed by atoms with van der Waals surface area (Å²) in [5.74, 6) is -0.933. The molecule has 1 aromatic rings. The summed E-state index contributed by atoms with van der Waals surface area (Å²) in [4.78, 5) is 24.9. The van der Waals surface area contributed by atoms with Crippen molar-refractivity contribution in [3.05, 3.63) is 29.8 Å². The molecule has 2 unspecified atom stereocenters. The average Bonchev–Trinajstić information content (AvgIpc) is 2.81. The van der Waals surface area contributed by atoms with E-state index in [1.807, 2.05) is 31.2 Å². The quantitative estimate of drug-likeness (QED) is 0.899. The number of amides is 2. The van der Waals surface area contributed by atoms with E-state index in [1.54, 1.807) is 4.90 Å². The molecule has 2 amide bonds. The van der Waals surface area contributed by atoms with E-state index >= 15 is 0 Å². The van der Waals surface area contributed by atoms with Gasteiger partial charge in [0.2, 0.25) is 0 Å². The standard InChI is InChI=1S/C16H22N2O3/c1-10(2)12-5-4-6-13(7-12)17-16(21)18-8-11(3)14(9-18)15(19)20/h4-7,10-11,14H,8-9H2,1-3H3,(H,17,21)(H,19,20). The summed E-state index contributed by atoms with van der Waals surface area (Å²) in [7, 11) is 0. The zero-order chi connectivity index (χ0) is 15.6. The van der Waals surface area contributed by atoms with E-state index in [-0.39, 0.29) is 18.5 Å². The molecule has 1 aliphatic heterocycles. The minimum absolute atomic E-state index is 0.0183. The Hall–Kier alpha value is -2.04. The molecule has 1 aromatic carbocycles. The third-order valence-electron chi connectivity index (χ3n) is 4.02. The first kappa shape index (κ1) is 15.4. The number of hydrogen-bond donors (Lipinski definition) is 2. The van der Waals surface area contributed by atoms with Crippen molar-refractivity contribution < 1.29 is 14.7 Å². The molecule has 0 saturated carbocycles. The number of hydrogen-bond acceptors (Lipinski definition) is 2. The smallest absolute Gasteiger partial charge is 0.321 e. The van der Waals surface area contributed by atoms with Gasteiger partial charge in [-0.05, 0) is 29.5 Å². The normalized spacial score (nSPS) is 21.6. The molecule has 2 rings (SSSR count). The van der Waals surface area contributed by atoms with Crippen LogP contribution in [0.15, 0.2) is 24.3 Å². The predicted molar refractivity (Wildman–Crippen MR) is 81.4 cm³/mol. The van der Waals surface area contributed by atoms with Gasteiger partial charge in [0.05, 0.1) is 5.92 Å². The molecule has 21 heavy (non-hydrogen) atoms. The van der Waals surface area contributed by atoms with Crippen molar-refractivity contribution in [3.63, 3.8) is 0 Å². The summed E-state index contributed by atoms with van der Waals surface area (Å²) in [6.07, 6.45) is 0. The van der Waals surface area contributed by atoms with E-state index in [2.05, 4.69) is 19.2 Å². The minimum atomic E-state index is -0.834. The van der Waals surface area contributed by atoms with Crippen molar-refractivity contribution in [2.75, 3.05) is 18.4 Å². The summed E-state index contributed by atoms with van der Waals surface area (Å²) >= 11 is 0. The number of nitrogens with one attached hydrogen (secondary N) is 1. The number of aliphatic carboxylic acids is 1. The van der Waals surface area contributed by atoms with Gasteiger partial charge in [0.15, 0.2) is 0 Å². The summed E-state index contributed by atoms with van der Waals surface area (Å²) < 4.78 is 0. The monoisotopic (exact) mass is 290 g/mol. The maximum Gasteiger partial charge on any atom is 0.321 e. The van der Waals surface area contributed by atoms with E-state index in [4.69, 9.17) is 5.11 Å². The Balaban J connectivity index is 2.02. The van der Waals surface area contributed by atoms with Crippen molar-refractivity contribution in [2.24, 2.45) is 11.8 Å². The number of nitrogens with zero attached hydrogens (tertiary/aromatic N) is 1. The molecule has 0 aromatic heterocycles. The summed E-state index contributed by atoms with van der Waals surface area (Å²) in [6, 6.07) is 7.51. The second kappa shape index (κ2) is 6.16. The Morgan fingerprint density at radius 2 is 2.05 bits per heavy atom. The molecule has 5 nitrogen and oxygen atoms in total. The van der Waals surface area contributed by atoms with Crippen LogP contribution in [0.3, 0.4) is 0 Å². The lowest BCUT2D eigenvalue weighted by molar-refractivity contribution is -0.142. The van der Waals surface area contributed by atoms with Crippen LogP contribution < -0.4 is 5.32 Å². The predicted octanol–water partition coefficient (Wildman–Crippen LogP) is 2.99. The molecule has 2 atom stereocenters. The highest BCUT2D eigenvalue weighted by atomic mass is 16.4. The van der Waals surface area contributed by atoms with E-state index < -0.39 is 11.9 Å². The average molecular weight is 290 g/mol. The van der Waals surface area contributed by atoms with Crippen LogP contribution in [0.1, 0.15) is 32.3 Å². The van der Waals surface area contributed by atoms with Crippen LogP contribution in [0, 0.1) is 11.8 Å². The lowest BCUT2D eigenvalue weighted by Crippen LogP contribution is -2.33. The Kier molecular flexibility index (Phi) is 4.50. The van der Waals surface area contributed by atoms with Gasteiger partial charge in [0, 0.05) is 18.8 Å². The fourth-order valence-corrected chi connectivity index (χ4v) is 2.63. The van der Waals surface area contributed by atoms with Crippen LogP contribution in [0.4, 0.5) is 10.5 Å². The summed E-state index contributed by atoms with van der Waals surface area (Å²) in [5.41, 5.74) is 1.91. The van der Waals surface area contributed by atoms with Crippen LogP contribution in [-0.2, 0) is 4.79 Å². The van der Waals surface area contributed by atoms with Crippen molar-refractivity contribution in [2.45, 2.75) is 26.7 Å². The van der Waals surface area contributed by atoms with Gasteiger partial charge in [-0.2, -0.15) is 0 Å². The Bertz CT molecular complexity index is 542. The number of carboxylic acids is 1. The number of likely N-dealkylation sites (tertiary alicyclic amines) is 1. The molecule has 0 bridgehead atoms. The maximum absolute atomic E-state index is 12.2. The molecule has 0 aliphatic carbocycles. The fraction of sp³-hybridized carbons (Fsp3) is 0.500. The van der Waals surface area contributed by atoms with Gasteiger partial charge in [-0.25, -0.2) is 4.79 Å². The molecule has 114 valence electrons. The van der Waals surface area contributed by atoms with Gasteiger partial charge in [0.1, 0.15) is 0 Å². The molecule has 1 saturated heterocycles. The molecule has 0 radical (unpaired) electrons. The van der Waals surface area contributed by atoms with Crippen LogP contribution >= 0.6 is 0 Å². The molecular formula is C16H22N2O3. The number of rotatable bonds is 3. The molecule has 1 aliphatic rings. The fourth-order valence-electron chi connectivity index (χ4n) is 2.63. The maximum atomic E-state index is 12.2. The number of carbonyl (C=O) groups excluding carboxylic acids is 1. The molecule has 0 spiro atoms. The van der Waals surface area contributed by atoms with E-state index in [0.29, 0.717) is 12.5 Å². The highest BCUT2D eigenvalue weighted by molar-refractivity contribution is 5.90. The van der Waals surface area contributed by atoms with Gasteiger partial charge in [0.25, 0.3) is 0 Å². The largest absolute Gasteiger partial charge is 0.481 e. The second-order valence-corrected chi connectivity index (χ2v) is 6.04. The summed E-state index contributed by atoms with van der Waals surface area (Å²) in [6.45, 7) is 6.81. The van der Waals surface area contributed by atoms with Crippen molar-refractivity contribution in [1.29, 1.82) is 0 Å². The molecule has 1 fully saturated rings. The van der Waals surface area contributed by atoms with Gasteiger partial charge < -0.3 is 15.3 Å². The van der Waals surface area contributed by atoms with Crippen molar-refractivity contribution in [1.82, 2.24) is 4.90 Å². The zero-order valence-corrected chi connectivity index (χ0v) is 12.7. The van der Waals surface area contributed by atoms with Gasteiger partial charge in [-0.1, -0.05) is 32.9 Å². The Morgan fingerprint density at radius 1 is 1.33 bits per heavy atom. The SMILES string of the molecule is CC(C)c1cccc(NC(=O)N2CC(C)C(C(=O)O)C2)c1. The van der Waals surface area contributed by atoms with Crippen LogP contribution in [-0.4, -0.2) is 35.1 Å². The third-order valence-corrected chi connectivity index (χ3v) is 4.02. The molecular weight excluding hydrogens is 268 g/mol. The van der Waals surface area contributed by atoms with Gasteiger partial charge >= 0.3 is 12.0 Å². The molecule has 5 heteroatoms. The molecule has 2 N–H and O–H groups in total. The topological polar surface area (TPSA) is 69.6 Å². The van der Waals surface area contributed by atoms with Crippen LogP contribution in [0.2, 0.25) is 0 Å². The van der Waals surface area contributed by atoms with Crippen molar-refractivity contribution in [3.8, 4) is 0 Å². The first-order valence-electron chi connectivity index (χ1n) is 7.27. The van der Waals surface area contributed by atoms with Gasteiger partial charge in [-0.3, -0.25) is 4.79 Å². The lowest BCUT2D eigenvalue weighted by atomic mass is 9.99. The number of urea groups is 1. The highest BCUT2D eigenvalue weighted by Gasteiger charge is 2.36. The summed E-state index contributed by atoms with van der Waals surface area (Å²) in [5, 5.41) is 12.0. The second-order valence-electron chi connectivity index (χ2n) is 6.04. The Labute approximate surface area is 125 Å². The van der Waals surface area contributed by atoms with E-state index in [9.17, 15) is 9.59 Å². The van der Waals surface area contributed by atoms with Crippen LogP contribution in [0.5, 0.6) is 0 Å².